The Hall–Kier alpha value is -2.84. The molecule has 0 atom stereocenters. The lowest BCUT2D eigenvalue weighted by atomic mass is 10.3. The Balaban J connectivity index is 1.82. The van der Waals surface area contributed by atoms with Gasteiger partial charge in [0.25, 0.3) is 0 Å². The van der Waals surface area contributed by atoms with Crippen LogP contribution in [0.25, 0.3) is 11.2 Å². The number of hydrogen-bond acceptors (Lipinski definition) is 5. The Labute approximate surface area is 128 Å². The van der Waals surface area contributed by atoms with Crippen molar-refractivity contribution in [2.24, 2.45) is 0 Å². The van der Waals surface area contributed by atoms with Crippen molar-refractivity contribution in [3.05, 3.63) is 36.3 Å². The number of aromatic nitrogens is 4. The molecular formula is C14H11F3N4O2. The highest BCUT2D eigenvalue weighted by molar-refractivity contribution is 5.69. The second-order valence-corrected chi connectivity index (χ2v) is 4.55. The minimum atomic E-state index is -4.76. The largest absolute Gasteiger partial charge is 0.573 e. The van der Waals surface area contributed by atoms with Gasteiger partial charge in [0.15, 0.2) is 5.65 Å². The molecule has 0 amide bonds. The van der Waals surface area contributed by atoms with Gasteiger partial charge in [0.2, 0.25) is 0 Å². The van der Waals surface area contributed by atoms with Crippen molar-refractivity contribution >= 4 is 11.2 Å². The number of aromatic amines is 1. The van der Waals surface area contributed by atoms with Crippen LogP contribution >= 0.6 is 0 Å². The number of rotatable bonds is 4. The predicted octanol–water partition coefficient (Wildman–Crippen LogP) is 3.61. The van der Waals surface area contributed by atoms with Gasteiger partial charge in [-0.25, -0.2) is 9.97 Å². The van der Waals surface area contributed by atoms with Crippen molar-refractivity contribution in [1.82, 2.24) is 19.9 Å². The summed E-state index contributed by atoms with van der Waals surface area (Å²) in [5.41, 5.74) is 1.08. The van der Waals surface area contributed by atoms with Gasteiger partial charge in [-0.1, -0.05) is 13.0 Å². The van der Waals surface area contributed by atoms with E-state index in [1.807, 2.05) is 6.92 Å². The second-order valence-electron chi connectivity index (χ2n) is 4.55. The summed E-state index contributed by atoms with van der Waals surface area (Å²) in [5.74, 6) is 0.494. The molecule has 23 heavy (non-hydrogen) atoms. The molecular weight excluding hydrogens is 313 g/mol. The van der Waals surface area contributed by atoms with Gasteiger partial charge < -0.3 is 14.5 Å². The number of aryl methyl sites for hydroxylation is 1. The molecule has 0 aliphatic heterocycles. The third kappa shape index (κ3) is 3.68. The third-order valence-electron chi connectivity index (χ3n) is 2.85. The van der Waals surface area contributed by atoms with Crippen LogP contribution in [0.5, 0.6) is 17.5 Å². The van der Waals surface area contributed by atoms with Gasteiger partial charge in [-0.3, -0.25) is 0 Å². The number of halogens is 3. The second kappa shape index (κ2) is 5.75. The van der Waals surface area contributed by atoms with E-state index in [0.29, 0.717) is 17.6 Å². The van der Waals surface area contributed by atoms with E-state index in [0.717, 1.165) is 11.9 Å². The number of alkyl halides is 3. The standard InChI is InChI=1S/C14H11F3N4O2/c1-2-11-19-10-7-18-13(21-12(10)20-11)22-8-4-3-5-9(6-8)23-14(15,16)17/h3-7H,2H2,1H3,(H,18,19,20,21). The molecule has 3 aromatic rings. The van der Waals surface area contributed by atoms with Crippen molar-refractivity contribution in [2.45, 2.75) is 19.7 Å². The molecule has 9 heteroatoms. The summed E-state index contributed by atoms with van der Waals surface area (Å²) in [6.45, 7) is 1.94. The number of benzene rings is 1. The van der Waals surface area contributed by atoms with Crippen LogP contribution in [0, 0.1) is 0 Å². The fourth-order valence-electron chi connectivity index (χ4n) is 1.90. The summed E-state index contributed by atoms with van der Waals surface area (Å²) in [7, 11) is 0. The van der Waals surface area contributed by atoms with Crippen LogP contribution in [0.15, 0.2) is 30.5 Å². The average Bonchev–Trinajstić information content (AvgIpc) is 2.88. The first kappa shape index (κ1) is 15.1. The molecule has 0 spiro atoms. The number of fused-ring (bicyclic) bond motifs is 1. The first-order chi connectivity index (χ1) is 10.9. The van der Waals surface area contributed by atoms with Crippen molar-refractivity contribution in [3.8, 4) is 17.5 Å². The zero-order valence-electron chi connectivity index (χ0n) is 11.9. The van der Waals surface area contributed by atoms with Crippen LogP contribution < -0.4 is 9.47 Å². The fraction of sp³-hybridized carbons (Fsp3) is 0.214. The van der Waals surface area contributed by atoms with Gasteiger partial charge in [0.05, 0.1) is 6.20 Å². The van der Waals surface area contributed by atoms with Crippen molar-refractivity contribution in [1.29, 1.82) is 0 Å². The molecule has 2 heterocycles. The molecule has 0 aliphatic rings. The maximum absolute atomic E-state index is 12.2. The zero-order valence-corrected chi connectivity index (χ0v) is 11.9. The topological polar surface area (TPSA) is 72.9 Å². The quantitative estimate of drug-likeness (QED) is 0.794. The molecule has 0 saturated heterocycles. The van der Waals surface area contributed by atoms with Crippen molar-refractivity contribution < 1.29 is 22.6 Å². The number of imidazole rings is 1. The lowest BCUT2D eigenvalue weighted by molar-refractivity contribution is -0.274. The Morgan fingerprint density at radius 1 is 1.17 bits per heavy atom. The van der Waals surface area contributed by atoms with Gasteiger partial charge in [-0.15, -0.1) is 13.2 Å². The molecule has 2 aromatic heterocycles. The third-order valence-corrected chi connectivity index (χ3v) is 2.85. The summed E-state index contributed by atoms with van der Waals surface area (Å²) in [6.07, 6.45) is -2.55. The Kier molecular flexibility index (Phi) is 3.77. The summed E-state index contributed by atoms with van der Waals surface area (Å²) in [6, 6.07) is 5.10. The van der Waals surface area contributed by atoms with Crippen molar-refractivity contribution in [3.63, 3.8) is 0 Å². The van der Waals surface area contributed by atoms with E-state index >= 15 is 0 Å². The van der Waals surface area contributed by atoms with Gasteiger partial charge >= 0.3 is 12.4 Å². The average molecular weight is 324 g/mol. The Bertz CT molecular complexity index is 832. The molecule has 0 bridgehead atoms. The minimum Gasteiger partial charge on any atom is -0.424 e. The van der Waals surface area contributed by atoms with Crippen LogP contribution in [0.4, 0.5) is 13.2 Å². The zero-order chi connectivity index (χ0) is 16.4. The first-order valence-corrected chi connectivity index (χ1v) is 6.68. The highest BCUT2D eigenvalue weighted by atomic mass is 19.4. The maximum atomic E-state index is 12.2. The lowest BCUT2D eigenvalue weighted by Gasteiger charge is -2.09. The lowest BCUT2D eigenvalue weighted by Crippen LogP contribution is -2.17. The van der Waals surface area contributed by atoms with E-state index in [2.05, 4.69) is 24.7 Å². The van der Waals surface area contributed by atoms with E-state index in [4.69, 9.17) is 4.74 Å². The van der Waals surface area contributed by atoms with Crippen LogP contribution in [0.1, 0.15) is 12.7 Å². The molecule has 1 aromatic carbocycles. The van der Waals surface area contributed by atoms with Gasteiger partial charge in [0.1, 0.15) is 22.8 Å². The van der Waals surface area contributed by atoms with E-state index in [1.54, 1.807) is 0 Å². The SMILES string of the molecule is CCc1nc2nc(Oc3cccc(OC(F)(F)F)c3)ncc2[nH]1. The summed E-state index contributed by atoms with van der Waals surface area (Å²) < 4.78 is 45.8. The van der Waals surface area contributed by atoms with Crippen LogP contribution in [0.2, 0.25) is 0 Å². The molecule has 0 fully saturated rings. The highest BCUT2D eigenvalue weighted by Crippen LogP contribution is 2.28. The smallest absolute Gasteiger partial charge is 0.424 e. The summed E-state index contributed by atoms with van der Waals surface area (Å²) in [4.78, 5) is 15.4. The molecule has 3 rings (SSSR count). The first-order valence-electron chi connectivity index (χ1n) is 6.68. The van der Waals surface area contributed by atoms with Crippen LogP contribution in [-0.2, 0) is 6.42 Å². The monoisotopic (exact) mass is 324 g/mol. The number of hydrogen-bond donors (Lipinski definition) is 1. The predicted molar refractivity (Wildman–Crippen MR) is 74.3 cm³/mol. The minimum absolute atomic E-state index is 0.0178. The van der Waals surface area contributed by atoms with Gasteiger partial charge in [-0.2, -0.15) is 4.98 Å². The van der Waals surface area contributed by atoms with Crippen LogP contribution in [-0.4, -0.2) is 26.3 Å². The summed E-state index contributed by atoms with van der Waals surface area (Å²) >= 11 is 0. The van der Waals surface area contributed by atoms with E-state index in [9.17, 15) is 13.2 Å². The summed E-state index contributed by atoms with van der Waals surface area (Å²) in [5, 5.41) is 0. The molecule has 120 valence electrons. The number of nitrogens with one attached hydrogen (secondary N) is 1. The van der Waals surface area contributed by atoms with Crippen LogP contribution in [0.3, 0.4) is 0 Å². The van der Waals surface area contributed by atoms with Crippen molar-refractivity contribution in [2.75, 3.05) is 0 Å². The van der Waals surface area contributed by atoms with Gasteiger partial charge in [0, 0.05) is 12.5 Å². The number of ether oxygens (including phenoxy) is 2. The fourth-order valence-corrected chi connectivity index (χ4v) is 1.90. The molecule has 0 saturated carbocycles. The Morgan fingerprint density at radius 3 is 2.70 bits per heavy atom. The molecule has 0 unspecified atom stereocenters. The normalized spacial score (nSPS) is 11.7. The Morgan fingerprint density at radius 2 is 1.96 bits per heavy atom. The molecule has 0 aliphatic carbocycles. The highest BCUT2D eigenvalue weighted by Gasteiger charge is 2.31. The van der Waals surface area contributed by atoms with E-state index in [1.165, 1.54) is 24.4 Å². The van der Waals surface area contributed by atoms with E-state index < -0.39 is 6.36 Å². The van der Waals surface area contributed by atoms with E-state index in [-0.39, 0.29) is 17.5 Å². The molecule has 6 nitrogen and oxygen atoms in total. The maximum Gasteiger partial charge on any atom is 0.573 e. The number of nitrogens with zero attached hydrogens (tertiary/aromatic N) is 3. The molecule has 0 radical (unpaired) electrons. The molecule has 1 N–H and O–H groups in total. The van der Waals surface area contributed by atoms with Gasteiger partial charge in [-0.05, 0) is 12.1 Å². The number of H-pyrrole nitrogens is 1.